The minimum absolute atomic E-state index is 0.186. The summed E-state index contributed by atoms with van der Waals surface area (Å²) < 4.78 is 4.66. The number of aliphatic hydroxyl groups is 1. The van der Waals surface area contributed by atoms with Gasteiger partial charge in [0.1, 0.15) is 0 Å². The largest absolute Gasteiger partial charge is 0.502 e. The van der Waals surface area contributed by atoms with Gasteiger partial charge in [-0.05, 0) is 43.2 Å². The fourth-order valence-electron chi connectivity index (χ4n) is 1.81. The Morgan fingerprint density at radius 1 is 1.27 bits per heavy atom. The number of ether oxygens (including phenoxy) is 1. The van der Waals surface area contributed by atoms with Crippen molar-refractivity contribution in [2.75, 3.05) is 6.61 Å². The monoisotopic (exact) mass is 302 g/mol. The number of hydrogen-bond acceptors (Lipinski definition) is 5. The maximum absolute atomic E-state index is 11.3. The van der Waals surface area contributed by atoms with Crippen LogP contribution in [-0.2, 0) is 16.0 Å². The normalized spacial score (nSPS) is 13.0. The summed E-state index contributed by atoms with van der Waals surface area (Å²) in [6.45, 7) is 1.84. The number of benzene rings is 1. The minimum Gasteiger partial charge on any atom is -0.502 e. The smallest absolute Gasteiger partial charge is 0.373 e. The van der Waals surface area contributed by atoms with Gasteiger partial charge in [-0.15, -0.1) is 0 Å². The highest BCUT2D eigenvalue weighted by Crippen LogP contribution is 2.11. The first-order valence-corrected chi connectivity index (χ1v) is 7.06. The van der Waals surface area contributed by atoms with Crippen LogP contribution >= 0.6 is 0 Å². The quantitative estimate of drug-likeness (QED) is 0.311. The van der Waals surface area contributed by atoms with E-state index in [9.17, 15) is 9.90 Å². The second-order valence-corrected chi connectivity index (χ2v) is 4.62. The van der Waals surface area contributed by atoms with E-state index in [1.54, 1.807) is 13.0 Å². The molecule has 0 heterocycles. The Balaban J connectivity index is 2.67. The Morgan fingerprint density at radius 2 is 1.95 bits per heavy atom. The Morgan fingerprint density at radius 3 is 2.55 bits per heavy atom. The molecule has 118 valence electrons. The Bertz CT molecular complexity index is 575. The topological polar surface area (TPSA) is 98.6 Å². The molecule has 0 amide bonds. The molecule has 0 fully saturated rings. The Kier molecular flexibility index (Phi) is 7.33. The average Bonchev–Trinajstić information content (AvgIpc) is 2.52. The molecule has 0 bridgehead atoms. The molecule has 0 saturated carbocycles. The molecule has 0 saturated heterocycles. The molecule has 0 radical (unpaired) electrons. The standard InChI is InChI=1S/C17H22N2O3/c1-2-22-17(21)16(20)11-15(19)10-14(12-18)9-8-13-6-4-3-5-7-13/h3-7,10-12,20H,2,8-9,18-19H2,1H3/b14-12-,15-10-,16-11-. The van der Waals surface area contributed by atoms with Gasteiger partial charge in [0.05, 0.1) is 6.61 Å². The highest BCUT2D eigenvalue weighted by molar-refractivity contribution is 5.86. The first kappa shape index (κ1) is 17.4. The summed E-state index contributed by atoms with van der Waals surface area (Å²) in [4.78, 5) is 11.3. The van der Waals surface area contributed by atoms with Crippen LogP contribution in [0.25, 0.3) is 0 Å². The second-order valence-electron chi connectivity index (χ2n) is 4.62. The number of rotatable bonds is 7. The summed E-state index contributed by atoms with van der Waals surface area (Å²) in [5, 5.41) is 9.53. The number of aryl methyl sites for hydroxylation is 1. The lowest BCUT2D eigenvalue weighted by atomic mass is 10.0. The summed E-state index contributed by atoms with van der Waals surface area (Å²) in [7, 11) is 0. The first-order chi connectivity index (χ1) is 10.6. The average molecular weight is 302 g/mol. The number of carbonyl (C=O) groups excluding carboxylic acids is 1. The second kappa shape index (κ2) is 9.28. The third-order valence-electron chi connectivity index (χ3n) is 2.90. The molecule has 0 unspecified atom stereocenters. The van der Waals surface area contributed by atoms with Gasteiger partial charge in [0.15, 0.2) is 0 Å². The number of nitrogens with two attached hydrogens (primary N) is 2. The molecule has 0 aromatic heterocycles. The van der Waals surface area contributed by atoms with Crippen LogP contribution in [0.2, 0.25) is 0 Å². The van der Waals surface area contributed by atoms with Crippen LogP contribution in [0.4, 0.5) is 0 Å². The van der Waals surface area contributed by atoms with Crippen LogP contribution in [0.1, 0.15) is 18.9 Å². The van der Waals surface area contributed by atoms with Crippen LogP contribution in [0.15, 0.2) is 65.7 Å². The highest BCUT2D eigenvalue weighted by Gasteiger charge is 2.08. The number of carbonyl (C=O) groups is 1. The lowest BCUT2D eigenvalue weighted by molar-refractivity contribution is -0.141. The van der Waals surface area contributed by atoms with E-state index in [1.165, 1.54) is 11.8 Å². The zero-order chi connectivity index (χ0) is 16.4. The van der Waals surface area contributed by atoms with Crippen LogP contribution in [-0.4, -0.2) is 17.7 Å². The first-order valence-electron chi connectivity index (χ1n) is 7.06. The zero-order valence-electron chi connectivity index (χ0n) is 12.7. The number of allylic oxidation sites excluding steroid dienone is 3. The van der Waals surface area contributed by atoms with E-state index >= 15 is 0 Å². The fraction of sp³-hybridized carbons (Fsp3) is 0.235. The van der Waals surface area contributed by atoms with E-state index in [0.29, 0.717) is 6.42 Å². The van der Waals surface area contributed by atoms with Gasteiger partial charge < -0.3 is 21.3 Å². The molecule has 0 aliphatic heterocycles. The van der Waals surface area contributed by atoms with Gasteiger partial charge in [-0.2, -0.15) is 0 Å². The van der Waals surface area contributed by atoms with Crippen molar-refractivity contribution in [3.8, 4) is 0 Å². The predicted octanol–water partition coefficient (Wildman–Crippen LogP) is 2.31. The van der Waals surface area contributed by atoms with E-state index in [2.05, 4.69) is 4.74 Å². The van der Waals surface area contributed by atoms with Crippen molar-refractivity contribution in [2.45, 2.75) is 19.8 Å². The minimum atomic E-state index is -0.804. The predicted molar refractivity (Wildman–Crippen MR) is 86.6 cm³/mol. The van der Waals surface area contributed by atoms with E-state index < -0.39 is 11.7 Å². The van der Waals surface area contributed by atoms with Gasteiger partial charge in [0, 0.05) is 11.8 Å². The molecule has 22 heavy (non-hydrogen) atoms. The van der Waals surface area contributed by atoms with Gasteiger partial charge in [-0.1, -0.05) is 30.3 Å². The van der Waals surface area contributed by atoms with Gasteiger partial charge in [0.2, 0.25) is 5.76 Å². The molecule has 1 aromatic carbocycles. The molecule has 5 heteroatoms. The summed E-state index contributed by atoms with van der Waals surface area (Å²) >= 11 is 0. The van der Waals surface area contributed by atoms with Crippen LogP contribution in [0.5, 0.6) is 0 Å². The Labute approximate surface area is 130 Å². The fourth-order valence-corrected chi connectivity index (χ4v) is 1.81. The van der Waals surface area contributed by atoms with E-state index in [4.69, 9.17) is 11.5 Å². The summed E-state index contributed by atoms with van der Waals surface area (Å²) in [5.74, 6) is -1.34. The maximum atomic E-state index is 11.3. The molecule has 0 atom stereocenters. The molecule has 1 rings (SSSR count). The lowest BCUT2D eigenvalue weighted by Crippen LogP contribution is -2.08. The summed E-state index contributed by atoms with van der Waals surface area (Å²) in [6.07, 6.45) is 5.77. The van der Waals surface area contributed by atoms with Crippen molar-refractivity contribution in [1.82, 2.24) is 0 Å². The van der Waals surface area contributed by atoms with Gasteiger partial charge in [-0.3, -0.25) is 0 Å². The van der Waals surface area contributed by atoms with Crippen molar-refractivity contribution < 1.29 is 14.6 Å². The van der Waals surface area contributed by atoms with Crippen molar-refractivity contribution in [1.29, 1.82) is 0 Å². The van der Waals surface area contributed by atoms with Crippen molar-refractivity contribution >= 4 is 5.97 Å². The number of esters is 1. The van der Waals surface area contributed by atoms with Crippen LogP contribution in [0, 0.1) is 0 Å². The van der Waals surface area contributed by atoms with Crippen molar-refractivity contribution in [2.24, 2.45) is 11.5 Å². The van der Waals surface area contributed by atoms with Gasteiger partial charge in [0.25, 0.3) is 0 Å². The highest BCUT2D eigenvalue weighted by atomic mass is 16.5. The molecular weight excluding hydrogens is 280 g/mol. The van der Waals surface area contributed by atoms with Gasteiger partial charge in [-0.25, -0.2) is 4.79 Å². The van der Waals surface area contributed by atoms with Crippen LogP contribution in [0.3, 0.4) is 0 Å². The van der Waals surface area contributed by atoms with Crippen LogP contribution < -0.4 is 11.5 Å². The molecule has 0 aliphatic rings. The SMILES string of the molecule is CCOC(=O)/C(O)=C/C(N)=C/C(=C\N)CCc1ccccc1. The van der Waals surface area contributed by atoms with E-state index in [-0.39, 0.29) is 12.3 Å². The third kappa shape index (κ3) is 6.17. The molecule has 0 aliphatic carbocycles. The summed E-state index contributed by atoms with van der Waals surface area (Å²) in [6, 6.07) is 9.99. The zero-order valence-corrected chi connectivity index (χ0v) is 12.7. The summed E-state index contributed by atoms with van der Waals surface area (Å²) in [5.41, 5.74) is 13.6. The van der Waals surface area contributed by atoms with E-state index in [0.717, 1.165) is 18.1 Å². The van der Waals surface area contributed by atoms with Gasteiger partial charge >= 0.3 is 5.97 Å². The Hall–Kier alpha value is -2.69. The lowest BCUT2D eigenvalue weighted by Gasteiger charge is -2.04. The molecule has 1 aromatic rings. The maximum Gasteiger partial charge on any atom is 0.373 e. The van der Waals surface area contributed by atoms with Crippen molar-refractivity contribution in [3.63, 3.8) is 0 Å². The van der Waals surface area contributed by atoms with Crippen molar-refractivity contribution in [3.05, 3.63) is 71.3 Å². The molecule has 5 nitrogen and oxygen atoms in total. The number of aliphatic hydroxyl groups excluding tert-OH is 1. The number of hydrogen-bond donors (Lipinski definition) is 3. The third-order valence-corrected chi connectivity index (χ3v) is 2.90. The van der Waals surface area contributed by atoms with E-state index in [1.807, 2.05) is 30.3 Å². The molecule has 0 spiro atoms. The molecule has 5 N–H and O–H groups in total. The molecular formula is C17H22N2O3.